The molecule has 1 aliphatic rings. The highest BCUT2D eigenvalue weighted by Gasteiger charge is 2.33. The smallest absolute Gasteiger partial charge is 0.338 e. The molecule has 0 amide bonds. The maximum atomic E-state index is 13.5. The van der Waals surface area contributed by atoms with Crippen molar-refractivity contribution in [3.8, 4) is 0 Å². The highest BCUT2D eigenvalue weighted by Crippen LogP contribution is 2.30. The molecule has 7 nitrogen and oxygen atoms in total. The normalized spacial score (nSPS) is 15.6. The van der Waals surface area contributed by atoms with E-state index in [4.69, 9.17) is 21.1 Å². The van der Waals surface area contributed by atoms with Crippen molar-refractivity contribution < 1.29 is 19.1 Å². The summed E-state index contributed by atoms with van der Waals surface area (Å²) in [5.74, 6) is -1.07. The molecule has 0 bridgehead atoms. The highest BCUT2D eigenvalue weighted by atomic mass is 35.5. The zero-order valence-electron chi connectivity index (χ0n) is 18.0. The lowest BCUT2D eigenvalue weighted by atomic mass is 9.95. The average molecular weight is 483 g/mol. The van der Waals surface area contributed by atoms with Crippen LogP contribution in [0.25, 0.3) is 6.08 Å². The van der Waals surface area contributed by atoms with E-state index in [9.17, 15) is 14.4 Å². The van der Waals surface area contributed by atoms with Crippen molar-refractivity contribution in [2.75, 3.05) is 14.2 Å². The van der Waals surface area contributed by atoms with Crippen LogP contribution in [0.3, 0.4) is 0 Å². The van der Waals surface area contributed by atoms with Gasteiger partial charge in [0.2, 0.25) is 0 Å². The third kappa shape index (κ3) is 4.15. The van der Waals surface area contributed by atoms with Gasteiger partial charge >= 0.3 is 11.9 Å². The molecule has 0 saturated heterocycles. The molecule has 0 N–H and O–H groups in total. The van der Waals surface area contributed by atoms with Gasteiger partial charge in [0.1, 0.15) is 0 Å². The van der Waals surface area contributed by atoms with Crippen molar-refractivity contribution in [1.29, 1.82) is 0 Å². The van der Waals surface area contributed by atoms with E-state index < -0.39 is 18.0 Å². The van der Waals surface area contributed by atoms with Gasteiger partial charge in [-0.25, -0.2) is 14.6 Å². The highest BCUT2D eigenvalue weighted by molar-refractivity contribution is 7.07. The molecule has 4 rings (SSSR count). The average Bonchev–Trinajstić information content (AvgIpc) is 3.13. The lowest BCUT2D eigenvalue weighted by Gasteiger charge is -2.24. The quantitative estimate of drug-likeness (QED) is 0.534. The molecule has 0 unspecified atom stereocenters. The van der Waals surface area contributed by atoms with E-state index >= 15 is 0 Å². The molecular weight excluding hydrogens is 464 g/mol. The van der Waals surface area contributed by atoms with E-state index in [0.29, 0.717) is 36.7 Å². The number of nitrogens with zero attached hydrogens (tertiary/aromatic N) is 2. The van der Waals surface area contributed by atoms with Crippen LogP contribution in [0.2, 0.25) is 5.02 Å². The molecule has 0 spiro atoms. The first-order valence-electron chi connectivity index (χ1n) is 9.89. The zero-order chi connectivity index (χ0) is 23.7. The van der Waals surface area contributed by atoms with Crippen LogP contribution in [0.4, 0.5) is 0 Å². The van der Waals surface area contributed by atoms with Gasteiger partial charge in [0.25, 0.3) is 5.56 Å². The number of carbonyl (C=O) groups is 2. The van der Waals surface area contributed by atoms with E-state index in [1.165, 1.54) is 30.1 Å². The molecule has 1 aromatic heterocycles. The number of carbonyl (C=O) groups excluding carboxylic acids is 2. The molecular formula is C24H19ClN2O5S. The van der Waals surface area contributed by atoms with Crippen LogP contribution in [-0.4, -0.2) is 30.7 Å². The Morgan fingerprint density at radius 2 is 1.73 bits per heavy atom. The van der Waals surface area contributed by atoms with E-state index in [2.05, 4.69) is 4.99 Å². The fourth-order valence-corrected chi connectivity index (χ4v) is 4.89. The van der Waals surface area contributed by atoms with Gasteiger partial charge in [-0.05, 0) is 42.3 Å². The molecule has 1 aliphatic heterocycles. The van der Waals surface area contributed by atoms with Crippen LogP contribution in [0, 0.1) is 0 Å². The minimum absolute atomic E-state index is 0.250. The number of benzene rings is 2. The molecule has 2 heterocycles. The fraction of sp³-hybridized carbons (Fsp3) is 0.167. The number of halogens is 1. The van der Waals surface area contributed by atoms with E-state index in [1.54, 1.807) is 43.3 Å². The van der Waals surface area contributed by atoms with E-state index in [-0.39, 0.29) is 11.1 Å². The summed E-state index contributed by atoms with van der Waals surface area (Å²) >= 11 is 7.48. The number of allylic oxidation sites excluding steroid dienone is 1. The summed E-state index contributed by atoms with van der Waals surface area (Å²) in [6.45, 7) is 1.70. The van der Waals surface area contributed by atoms with Crippen molar-refractivity contribution in [2.24, 2.45) is 4.99 Å². The zero-order valence-corrected chi connectivity index (χ0v) is 19.6. The SMILES string of the molecule is COC(=O)C1=C(C)N=c2s/c(=C/c3ccccc3Cl)c(=O)n2[C@H]1c1ccc(C(=O)OC)cc1. The van der Waals surface area contributed by atoms with Crippen molar-refractivity contribution in [3.05, 3.63) is 101 Å². The molecule has 33 heavy (non-hydrogen) atoms. The Labute approximate surface area is 197 Å². The maximum Gasteiger partial charge on any atom is 0.338 e. The minimum Gasteiger partial charge on any atom is -0.466 e. The molecule has 0 radical (unpaired) electrons. The topological polar surface area (TPSA) is 87.0 Å². The number of rotatable bonds is 4. The molecule has 2 aromatic carbocycles. The number of esters is 2. The summed E-state index contributed by atoms with van der Waals surface area (Å²) in [6.07, 6.45) is 1.71. The first-order valence-corrected chi connectivity index (χ1v) is 11.1. The number of ether oxygens (including phenoxy) is 2. The predicted molar refractivity (Wildman–Crippen MR) is 125 cm³/mol. The summed E-state index contributed by atoms with van der Waals surface area (Å²) < 4.78 is 11.7. The van der Waals surface area contributed by atoms with Crippen molar-refractivity contribution in [1.82, 2.24) is 4.57 Å². The van der Waals surface area contributed by atoms with Gasteiger partial charge in [0, 0.05) is 5.02 Å². The number of thiazole rings is 1. The van der Waals surface area contributed by atoms with E-state index in [0.717, 1.165) is 0 Å². The van der Waals surface area contributed by atoms with Crippen LogP contribution in [0.1, 0.15) is 34.5 Å². The molecule has 0 aliphatic carbocycles. The minimum atomic E-state index is -0.770. The summed E-state index contributed by atoms with van der Waals surface area (Å²) in [6, 6.07) is 13.0. The second-order valence-electron chi connectivity index (χ2n) is 7.21. The van der Waals surface area contributed by atoms with Crippen molar-refractivity contribution in [3.63, 3.8) is 0 Å². The van der Waals surface area contributed by atoms with Crippen molar-refractivity contribution >= 4 is 41.0 Å². The lowest BCUT2D eigenvalue weighted by molar-refractivity contribution is -0.136. The van der Waals surface area contributed by atoms with Gasteiger partial charge in [0.15, 0.2) is 4.80 Å². The maximum absolute atomic E-state index is 13.5. The van der Waals surface area contributed by atoms with Crippen LogP contribution in [-0.2, 0) is 14.3 Å². The van der Waals surface area contributed by atoms with Gasteiger partial charge in [-0.2, -0.15) is 0 Å². The molecule has 0 fully saturated rings. The Kier molecular flexibility index (Phi) is 6.31. The number of fused-ring (bicyclic) bond motifs is 1. The molecule has 168 valence electrons. The predicted octanol–water partition coefficient (Wildman–Crippen LogP) is 2.85. The van der Waals surface area contributed by atoms with Crippen LogP contribution >= 0.6 is 22.9 Å². The lowest BCUT2D eigenvalue weighted by Crippen LogP contribution is -2.39. The second-order valence-corrected chi connectivity index (χ2v) is 8.62. The monoisotopic (exact) mass is 482 g/mol. The third-order valence-corrected chi connectivity index (χ3v) is 6.59. The number of methoxy groups -OCH3 is 2. The van der Waals surface area contributed by atoms with Crippen LogP contribution in [0.15, 0.2) is 69.6 Å². The van der Waals surface area contributed by atoms with E-state index in [1.807, 2.05) is 18.2 Å². The summed E-state index contributed by atoms with van der Waals surface area (Å²) in [5, 5.41) is 0.518. The molecule has 3 aromatic rings. The van der Waals surface area contributed by atoms with Crippen LogP contribution in [0.5, 0.6) is 0 Å². The number of hydrogen-bond donors (Lipinski definition) is 0. The van der Waals surface area contributed by atoms with Crippen molar-refractivity contribution in [2.45, 2.75) is 13.0 Å². The largest absolute Gasteiger partial charge is 0.466 e. The Hall–Kier alpha value is -3.49. The first-order chi connectivity index (χ1) is 15.8. The Morgan fingerprint density at radius 3 is 2.36 bits per heavy atom. The Morgan fingerprint density at radius 1 is 1.06 bits per heavy atom. The van der Waals surface area contributed by atoms with Crippen LogP contribution < -0.4 is 14.9 Å². The molecule has 0 saturated carbocycles. The van der Waals surface area contributed by atoms with Gasteiger partial charge in [-0.1, -0.05) is 53.3 Å². The van der Waals surface area contributed by atoms with Gasteiger partial charge in [0.05, 0.1) is 41.6 Å². The number of hydrogen-bond acceptors (Lipinski definition) is 7. The van der Waals surface area contributed by atoms with Gasteiger partial charge < -0.3 is 9.47 Å². The standard InChI is InChI=1S/C24H19ClN2O5S/c1-13-19(23(30)32-3)20(14-8-10-15(11-9-14)22(29)31-2)27-21(28)18(33-24(27)26-13)12-16-6-4-5-7-17(16)25/h4-12,20H,1-3H3/b18-12+/t20-/m0/s1. The molecule has 1 atom stereocenters. The fourth-order valence-electron chi connectivity index (χ4n) is 3.66. The summed E-state index contributed by atoms with van der Waals surface area (Å²) in [7, 11) is 2.58. The summed E-state index contributed by atoms with van der Waals surface area (Å²) in [5.41, 5.74) is 2.08. The Balaban J connectivity index is 1.95. The summed E-state index contributed by atoms with van der Waals surface area (Å²) in [4.78, 5) is 43.0. The van der Waals surface area contributed by atoms with Gasteiger partial charge in [-0.3, -0.25) is 9.36 Å². The first kappa shape index (κ1) is 22.7. The van der Waals surface area contributed by atoms with Gasteiger partial charge in [-0.15, -0.1) is 0 Å². The number of aromatic nitrogens is 1. The third-order valence-electron chi connectivity index (χ3n) is 5.27. The second kappa shape index (κ2) is 9.17. The molecule has 9 heteroatoms. The Bertz CT molecular complexity index is 1470.